The van der Waals surface area contributed by atoms with Gasteiger partial charge in [0.05, 0.1) is 17.7 Å². The largest absolute Gasteiger partial charge is 0.386 e. The molecule has 0 amide bonds. The predicted octanol–water partition coefficient (Wildman–Crippen LogP) is 3.26. The molecule has 0 spiro atoms. The van der Waals surface area contributed by atoms with E-state index in [0.717, 1.165) is 37.4 Å². The molecule has 0 bridgehead atoms. The van der Waals surface area contributed by atoms with Crippen LogP contribution in [0.2, 0.25) is 10.0 Å². The van der Waals surface area contributed by atoms with Crippen LogP contribution in [-0.4, -0.2) is 48.3 Å². The van der Waals surface area contributed by atoms with E-state index in [1.165, 1.54) is 0 Å². The van der Waals surface area contributed by atoms with Gasteiger partial charge >= 0.3 is 0 Å². The third-order valence-corrected chi connectivity index (χ3v) is 5.14. The molecular formula is C20H25Cl2N5O. The molecular weight excluding hydrogens is 397 g/mol. The summed E-state index contributed by atoms with van der Waals surface area (Å²) in [5.41, 5.74) is 0.792. The van der Waals surface area contributed by atoms with Crippen molar-refractivity contribution in [2.75, 3.05) is 31.1 Å². The molecule has 0 radical (unpaired) electrons. The molecule has 1 aromatic heterocycles. The highest BCUT2D eigenvalue weighted by atomic mass is 35.5. The highest BCUT2D eigenvalue weighted by Crippen LogP contribution is 2.25. The molecule has 28 heavy (non-hydrogen) atoms. The summed E-state index contributed by atoms with van der Waals surface area (Å²) in [4.78, 5) is 11.1. The highest BCUT2D eigenvalue weighted by molar-refractivity contribution is 6.32. The van der Waals surface area contributed by atoms with Crippen molar-refractivity contribution in [3.05, 3.63) is 58.2 Å². The van der Waals surface area contributed by atoms with Crippen LogP contribution in [-0.2, 0) is 0 Å². The van der Waals surface area contributed by atoms with Crippen LogP contribution in [0.3, 0.4) is 0 Å². The third-order valence-electron chi connectivity index (χ3n) is 4.59. The molecule has 1 aliphatic rings. The minimum Gasteiger partial charge on any atom is -0.386 e. The van der Waals surface area contributed by atoms with Crippen LogP contribution in [0.4, 0.5) is 5.82 Å². The second-order valence-corrected chi connectivity index (χ2v) is 7.52. The fourth-order valence-electron chi connectivity index (χ4n) is 3.16. The van der Waals surface area contributed by atoms with Crippen molar-refractivity contribution in [1.82, 2.24) is 15.6 Å². The normalized spacial score (nSPS) is 18.2. The Kier molecular flexibility index (Phi) is 7.36. The van der Waals surface area contributed by atoms with Crippen molar-refractivity contribution in [3.8, 4) is 0 Å². The lowest BCUT2D eigenvalue weighted by molar-refractivity contribution is 0.187. The molecule has 0 saturated carbocycles. The van der Waals surface area contributed by atoms with Crippen LogP contribution in [0.5, 0.6) is 0 Å². The smallest absolute Gasteiger partial charge is 0.191 e. The van der Waals surface area contributed by atoms with Crippen molar-refractivity contribution < 1.29 is 5.11 Å². The van der Waals surface area contributed by atoms with Gasteiger partial charge < -0.3 is 20.6 Å². The van der Waals surface area contributed by atoms with E-state index < -0.39 is 6.10 Å². The average molecular weight is 422 g/mol. The fourth-order valence-corrected chi connectivity index (χ4v) is 3.53. The van der Waals surface area contributed by atoms with E-state index in [-0.39, 0.29) is 12.6 Å². The second-order valence-electron chi connectivity index (χ2n) is 6.67. The standard InChI is InChI=1S/C20H25Cl2N5O/c1-2-23-20(25-12-18(28)14-5-7-15(21)8-6-14)26-16-9-11-27(13-16)19-17(22)4-3-10-24-19/h3-8,10,16,18,28H,2,9,11-13H2,1H3,(H2,23,25,26). The van der Waals surface area contributed by atoms with Gasteiger partial charge in [0.1, 0.15) is 5.82 Å². The molecule has 1 aliphatic heterocycles. The van der Waals surface area contributed by atoms with Crippen LogP contribution in [0.15, 0.2) is 47.6 Å². The lowest BCUT2D eigenvalue weighted by Crippen LogP contribution is -2.44. The molecule has 1 saturated heterocycles. The van der Waals surface area contributed by atoms with Gasteiger partial charge in [-0.1, -0.05) is 35.3 Å². The number of anilines is 1. The van der Waals surface area contributed by atoms with Crippen molar-refractivity contribution >= 4 is 35.0 Å². The van der Waals surface area contributed by atoms with Crippen LogP contribution < -0.4 is 15.5 Å². The number of benzene rings is 1. The van der Waals surface area contributed by atoms with Crippen LogP contribution in [0.1, 0.15) is 25.0 Å². The lowest BCUT2D eigenvalue weighted by atomic mass is 10.1. The Hall–Kier alpha value is -2.02. The fraction of sp³-hybridized carbons (Fsp3) is 0.400. The first-order valence-electron chi connectivity index (χ1n) is 9.40. The minimum atomic E-state index is -0.680. The molecule has 0 aliphatic carbocycles. The molecule has 8 heteroatoms. The zero-order valence-electron chi connectivity index (χ0n) is 15.8. The number of hydrogen-bond acceptors (Lipinski definition) is 4. The van der Waals surface area contributed by atoms with Gasteiger partial charge in [0.15, 0.2) is 5.96 Å². The number of aromatic nitrogens is 1. The number of guanidine groups is 1. The van der Waals surface area contributed by atoms with E-state index in [2.05, 4.69) is 25.5 Å². The van der Waals surface area contributed by atoms with Crippen molar-refractivity contribution in [2.24, 2.45) is 4.99 Å². The number of pyridine rings is 1. The van der Waals surface area contributed by atoms with Crippen molar-refractivity contribution in [1.29, 1.82) is 0 Å². The van der Waals surface area contributed by atoms with E-state index in [1.807, 2.05) is 31.2 Å². The molecule has 6 nitrogen and oxygen atoms in total. The number of rotatable bonds is 6. The summed E-state index contributed by atoms with van der Waals surface area (Å²) in [5, 5.41) is 18.4. The molecule has 3 rings (SSSR count). The first-order chi connectivity index (χ1) is 13.6. The maximum atomic E-state index is 10.4. The molecule has 3 N–H and O–H groups in total. The van der Waals surface area contributed by atoms with Gasteiger partial charge in [-0.15, -0.1) is 0 Å². The number of nitrogens with zero attached hydrogens (tertiary/aromatic N) is 3. The summed E-state index contributed by atoms with van der Waals surface area (Å²) in [6, 6.07) is 11.1. The van der Waals surface area contributed by atoms with Gasteiger partial charge in [-0.05, 0) is 43.2 Å². The van der Waals surface area contributed by atoms with Crippen LogP contribution >= 0.6 is 23.2 Å². The average Bonchev–Trinajstić information content (AvgIpc) is 3.15. The minimum absolute atomic E-state index is 0.226. The van der Waals surface area contributed by atoms with E-state index >= 15 is 0 Å². The van der Waals surface area contributed by atoms with Crippen LogP contribution in [0.25, 0.3) is 0 Å². The molecule has 150 valence electrons. The van der Waals surface area contributed by atoms with E-state index in [9.17, 15) is 5.11 Å². The van der Waals surface area contributed by atoms with Gasteiger partial charge in [-0.25, -0.2) is 4.98 Å². The van der Waals surface area contributed by atoms with Crippen molar-refractivity contribution in [2.45, 2.75) is 25.5 Å². The number of nitrogens with one attached hydrogen (secondary N) is 2. The molecule has 2 heterocycles. The molecule has 2 aromatic rings. The monoisotopic (exact) mass is 421 g/mol. The molecule has 2 unspecified atom stereocenters. The maximum Gasteiger partial charge on any atom is 0.191 e. The van der Waals surface area contributed by atoms with Gasteiger partial charge in [0.25, 0.3) is 0 Å². The molecule has 1 aromatic carbocycles. The molecule has 2 atom stereocenters. The van der Waals surface area contributed by atoms with E-state index in [0.29, 0.717) is 16.0 Å². The number of aliphatic hydroxyl groups excluding tert-OH is 1. The Labute approximate surface area is 175 Å². The molecule has 1 fully saturated rings. The summed E-state index contributed by atoms with van der Waals surface area (Å²) in [7, 11) is 0. The lowest BCUT2D eigenvalue weighted by Gasteiger charge is -2.20. The highest BCUT2D eigenvalue weighted by Gasteiger charge is 2.25. The summed E-state index contributed by atoms with van der Waals surface area (Å²) in [6.45, 7) is 4.69. The van der Waals surface area contributed by atoms with Crippen molar-refractivity contribution in [3.63, 3.8) is 0 Å². The first-order valence-corrected chi connectivity index (χ1v) is 10.2. The number of hydrogen-bond donors (Lipinski definition) is 3. The Bertz CT molecular complexity index is 799. The SMILES string of the molecule is CCNC(=NCC(O)c1ccc(Cl)cc1)NC1CCN(c2ncccc2Cl)C1. The number of aliphatic imine (C=N–C) groups is 1. The topological polar surface area (TPSA) is 72.8 Å². The summed E-state index contributed by atoms with van der Waals surface area (Å²) in [6.07, 6.45) is 2.03. The zero-order valence-corrected chi connectivity index (χ0v) is 17.3. The Morgan fingerprint density at radius 1 is 1.32 bits per heavy atom. The Morgan fingerprint density at radius 3 is 2.82 bits per heavy atom. The first kappa shape index (κ1) is 20.7. The number of aliphatic hydroxyl groups is 1. The number of halogens is 2. The van der Waals surface area contributed by atoms with Gasteiger partial charge in [-0.3, -0.25) is 4.99 Å². The third kappa shape index (κ3) is 5.50. The second kappa shape index (κ2) is 9.96. The van der Waals surface area contributed by atoms with Gasteiger partial charge in [-0.2, -0.15) is 0 Å². The Balaban J connectivity index is 1.59. The summed E-state index contributed by atoms with van der Waals surface area (Å²) >= 11 is 12.2. The van der Waals surface area contributed by atoms with Gasteiger partial charge in [0, 0.05) is 36.9 Å². The summed E-state index contributed by atoms with van der Waals surface area (Å²) < 4.78 is 0. The van der Waals surface area contributed by atoms with E-state index in [4.69, 9.17) is 23.2 Å². The zero-order chi connectivity index (χ0) is 19.9. The van der Waals surface area contributed by atoms with E-state index in [1.54, 1.807) is 18.3 Å². The Morgan fingerprint density at radius 2 is 2.11 bits per heavy atom. The maximum absolute atomic E-state index is 10.4. The van der Waals surface area contributed by atoms with Gasteiger partial charge in [0.2, 0.25) is 0 Å². The predicted molar refractivity (Wildman–Crippen MR) is 115 cm³/mol. The quantitative estimate of drug-likeness (QED) is 0.493. The summed E-state index contributed by atoms with van der Waals surface area (Å²) in [5.74, 6) is 1.50. The van der Waals surface area contributed by atoms with Crippen LogP contribution in [0, 0.1) is 0 Å².